The molecule has 1 aliphatic heterocycles. The summed E-state index contributed by atoms with van der Waals surface area (Å²) in [6.45, 7) is 0.777. The van der Waals surface area contributed by atoms with E-state index in [9.17, 15) is 4.79 Å². The van der Waals surface area contributed by atoms with Crippen molar-refractivity contribution in [1.29, 1.82) is 0 Å². The maximum Gasteiger partial charge on any atom is 0.237 e. The van der Waals surface area contributed by atoms with Crippen molar-refractivity contribution in [2.75, 3.05) is 31.4 Å². The second-order valence-corrected chi connectivity index (χ2v) is 8.47. The third-order valence-corrected chi connectivity index (χ3v) is 6.74. The highest BCUT2D eigenvalue weighted by atomic mass is 32.2. The van der Waals surface area contributed by atoms with Gasteiger partial charge in [-0.2, -0.15) is 0 Å². The van der Waals surface area contributed by atoms with Crippen LogP contribution in [0.25, 0.3) is 10.6 Å². The van der Waals surface area contributed by atoms with E-state index in [1.807, 2.05) is 41.3 Å². The predicted molar refractivity (Wildman–Crippen MR) is 119 cm³/mol. The molecule has 3 aromatic rings. The summed E-state index contributed by atoms with van der Waals surface area (Å²) in [6, 6.07) is 13.9. The number of nitrogens with zero attached hydrogens (tertiary/aromatic N) is 2. The van der Waals surface area contributed by atoms with E-state index in [4.69, 9.17) is 14.5 Å². The summed E-state index contributed by atoms with van der Waals surface area (Å²) < 4.78 is 10.7. The Hall–Kier alpha value is -2.51. The first kappa shape index (κ1) is 19.8. The molecule has 2 heterocycles. The summed E-state index contributed by atoms with van der Waals surface area (Å²) in [7, 11) is 3.25. The van der Waals surface area contributed by atoms with Crippen LogP contribution in [0, 0.1) is 0 Å². The Bertz CT molecular complexity index is 1020. The monoisotopic (exact) mass is 426 g/mol. The molecule has 7 heteroatoms. The number of amides is 1. The molecule has 5 nitrogen and oxygen atoms in total. The molecule has 29 heavy (non-hydrogen) atoms. The van der Waals surface area contributed by atoms with Crippen LogP contribution < -0.4 is 14.4 Å². The topological polar surface area (TPSA) is 51.7 Å². The van der Waals surface area contributed by atoms with Gasteiger partial charge in [-0.15, -0.1) is 23.1 Å². The molecule has 1 amide bonds. The number of aromatic nitrogens is 1. The number of benzene rings is 2. The first-order chi connectivity index (χ1) is 14.2. The first-order valence-electron chi connectivity index (χ1n) is 9.32. The van der Waals surface area contributed by atoms with Crippen molar-refractivity contribution in [2.24, 2.45) is 0 Å². The standard InChI is InChI=1S/C22H22N2O3S2/c1-26-19-8-7-16(11-20(19)27-2)22-23-17(13-29-22)12-28-14-21(25)24-10-9-15-5-3-4-6-18(15)24/h3-8,11,13H,9-10,12,14H2,1-2H3. The van der Waals surface area contributed by atoms with Gasteiger partial charge in [-0.25, -0.2) is 4.98 Å². The molecule has 1 aliphatic rings. The Morgan fingerprint density at radius 1 is 1.17 bits per heavy atom. The van der Waals surface area contributed by atoms with Crippen LogP contribution in [-0.4, -0.2) is 37.4 Å². The lowest BCUT2D eigenvalue weighted by molar-refractivity contribution is -0.116. The fourth-order valence-corrected chi connectivity index (χ4v) is 5.10. The molecular formula is C22H22N2O3S2. The van der Waals surface area contributed by atoms with Gasteiger partial charge in [0.2, 0.25) is 5.91 Å². The van der Waals surface area contributed by atoms with Crippen LogP contribution in [0.2, 0.25) is 0 Å². The molecule has 0 aliphatic carbocycles. The van der Waals surface area contributed by atoms with Crippen LogP contribution in [0.3, 0.4) is 0 Å². The second-order valence-electron chi connectivity index (χ2n) is 6.63. The number of hydrogen-bond donors (Lipinski definition) is 0. The predicted octanol–water partition coefficient (Wildman–Crippen LogP) is 4.65. The Morgan fingerprint density at radius 3 is 2.83 bits per heavy atom. The van der Waals surface area contributed by atoms with Gasteiger partial charge in [-0.1, -0.05) is 18.2 Å². The van der Waals surface area contributed by atoms with E-state index < -0.39 is 0 Å². The normalized spacial score (nSPS) is 12.7. The van der Waals surface area contributed by atoms with E-state index in [0.29, 0.717) is 23.0 Å². The zero-order chi connectivity index (χ0) is 20.2. The summed E-state index contributed by atoms with van der Waals surface area (Å²) in [5.41, 5.74) is 4.29. The minimum Gasteiger partial charge on any atom is -0.493 e. The van der Waals surface area contributed by atoms with Gasteiger partial charge in [0.05, 0.1) is 25.7 Å². The summed E-state index contributed by atoms with van der Waals surface area (Å²) >= 11 is 3.20. The number of fused-ring (bicyclic) bond motifs is 1. The van der Waals surface area contributed by atoms with Crippen molar-refractivity contribution in [3.05, 3.63) is 59.1 Å². The molecule has 0 atom stereocenters. The van der Waals surface area contributed by atoms with E-state index in [-0.39, 0.29) is 5.91 Å². The number of ether oxygens (including phenoxy) is 2. The molecular weight excluding hydrogens is 404 g/mol. The molecule has 0 saturated heterocycles. The minimum atomic E-state index is 0.162. The van der Waals surface area contributed by atoms with Crippen molar-refractivity contribution in [3.63, 3.8) is 0 Å². The molecule has 1 aromatic heterocycles. The van der Waals surface area contributed by atoms with Gasteiger partial charge >= 0.3 is 0 Å². The fourth-order valence-electron chi connectivity index (χ4n) is 3.39. The Morgan fingerprint density at radius 2 is 2.00 bits per heavy atom. The second kappa shape index (κ2) is 8.88. The average Bonchev–Trinajstić information content (AvgIpc) is 3.40. The van der Waals surface area contributed by atoms with Crippen LogP contribution in [0.15, 0.2) is 47.8 Å². The van der Waals surface area contributed by atoms with Gasteiger partial charge in [0.25, 0.3) is 0 Å². The first-order valence-corrected chi connectivity index (χ1v) is 11.4. The number of methoxy groups -OCH3 is 2. The highest BCUT2D eigenvalue weighted by molar-refractivity contribution is 7.99. The number of thioether (sulfide) groups is 1. The molecule has 0 N–H and O–H groups in total. The molecule has 4 rings (SSSR count). The highest BCUT2D eigenvalue weighted by Crippen LogP contribution is 2.34. The van der Waals surface area contributed by atoms with Crippen LogP contribution in [0.5, 0.6) is 11.5 Å². The van der Waals surface area contributed by atoms with Gasteiger partial charge in [0, 0.05) is 28.9 Å². The molecule has 0 fully saturated rings. The van der Waals surface area contributed by atoms with E-state index in [2.05, 4.69) is 11.4 Å². The highest BCUT2D eigenvalue weighted by Gasteiger charge is 2.23. The zero-order valence-electron chi connectivity index (χ0n) is 16.4. The maximum absolute atomic E-state index is 12.6. The number of rotatable bonds is 7. The van der Waals surface area contributed by atoms with Crippen LogP contribution >= 0.6 is 23.1 Å². The Kier molecular flexibility index (Phi) is 6.06. The summed E-state index contributed by atoms with van der Waals surface area (Å²) in [4.78, 5) is 19.2. The number of hydrogen-bond acceptors (Lipinski definition) is 6. The SMILES string of the molecule is COc1ccc(-c2nc(CSCC(=O)N3CCc4ccccc43)cs2)cc1OC. The van der Waals surface area contributed by atoms with Crippen LogP contribution in [-0.2, 0) is 17.0 Å². The smallest absolute Gasteiger partial charge is 0.237 e. The van der Waals surface area contributed by atoms with E-state index >= 15 is 0 Å². The van der Waals surface area contributed by atoms with E-state index in [1.54, 1.807) is 37.3 Å². The number of anilines is 1. The van der Waals surface area contributed by atoms with Gasteiger partial charge in [-0.05, 0) is 36.2 Å². The lowest BCUT2D eigenvalue weighted by Crippen LogP contribution is -2.30. The summed E-state index contributed by atoms with van der Waals surface area (Å²) in [6.07, 6.45) is 0.938. The number of thiazole rings is 1. The number of carbonyl (C=O) groups excluding carboxylic acids is 1. The largest absolute Gasteiger partial charge is 0.493 e. The van der Waals surface area contributed by atoms with Crippen molar-refractivity contribution in [3.8, 4) is 22.1 Å². The molecule has 0 unspecified atom stereocenters. The minimum absolute atomic E-state index is 0.162. The average molecular weight is 427 g/mol. The zero-order valence-corrected chi connectivity index (χ0v) is 18.0. The lowest BCUT2D eigenvalue weighted by Gasteiger charge is -2.16. The van der Waals surface area contributed by atoms with Crippen molar-refractivity contribution < 1.29 is 14.3 Å². The number of carbonyl (C=O) groups is 1. The lowest BCUT2D eigenvalue weighted by atomic mass is 10.2. The molecule has 0 spiro atoms. The Balaban J connectivity index is 1.35. The van der Waals surface area contributed by atoms with Gasteiger partial charge < -0.3 is 14.4 Å². The molecule has 150 valence electrons. The summed E-state index contributed by atoms with van der Waals surface area (Å²) in [5, 5.41) is 2.98. The van der Waals surface area contributed by atoms with Gasteiger partial charge in [-0.3, -0.25) is 4.79 Å². The maximum atomic E-state index is 12.6. The molecule has 0 radical (unpaired) electrons. The summed E-state index contributed by atoms with van der Waals surface area (Å²) in [5.74, 6) is 2.72. The molecule has 0 saturated carbocycles. The third-order valence-electron chi connectivity index (χ3n) is 4.85. The van der Waals surface area contributed by atoms with Crippen molar-refractivity contribution >= 4 is 34.7 Å². The van der Waals surface area contributed by atoms with Gasteiger partial charge in [0.15, 0.2) is 11.5 Å². The molecule has 2 aromatic carbocycles. The fraction of sp³-hybridized carbons (Fsp3) is 0.273. The van der Waals surface area contributed by atoms with Gasteiger partial charge in [0.1, 0.15) is 5.01 Å². The van der Waals surface area contributed by atoms with Crippen LogP contribution in [0.4, 0.5) is 5.69 Å². The molecule has 0 bridgehead atoms. The third kappa shape index (κ3) is 4.26. The van der Waals surface area contributed by atoms with Crippen LogP contribution in [0.1, 0.15) is 11.3 Å². The quantitative estimate of drug-likeness (QED) is 0.550. The Labute approximate surface area is 178 Å². The number of para-hydroxylation sites is 1. The van der Waals surface area contributed by atoms with Crippen molar-refractivity contribution in [2.45, 2.75) is 12.2 Å². The van der Waals surface area contributed by atoms with Crippen molar-refractivity contribution in [1.82, 2.24) is 4.98 Å². The van der Waals surface area contributed by atoms with E-state index in [1.165, 1.54) is 5.56 Å². The van der Waals surface area contributed by atoms with E-state index in [0.717, 1.165) is 34.9 Å².